The Morgan fingerprint density at radius 1 is 0.971 bits per heavy atom. The lowest BCUT2D eigenvalue weighted by Crippen LogP contribution is -2.32. The van der Waals surface area contributed by atoms with Crippen LogP contribution in [-0.2, 0) is 25.7 Å². The van der Waals surface area contributed by atoms with Gasteiger partial charge in [0, 0.05) is 26.8 Å². The second kappa shape index (κ2) is 14.4. The van der Waals surface area contributed by atoms with Gasteiger partial charge in [-0.25, -0.2) is 13.1 Å². The molecule has 1 aliphatic carbocycles. The van der Waals surface area contributed by atoms with E-state index in [1.807, 2.05) is 0 Å². The van der Waals surface area contributed by atoms with Gasteiger partial charge in [-0.3, -0.25) is 0 Å². The summed E-state index contributed by atoms with van der Waals surface area (Å²) in [4.78, 5) is 2.13. The zero-order chi connectivity index (χ0) is 25.0. The molecular formula is C24H39F3N2O4S. The van der Waals surface area contributed by atoms with E-state index in [0.29, 0.717) is 0 Å². The van der Waals surface area contributed by atoms with Gasteiger partial charge in [-0.2, -0.15) is 13.2 Å². The first-order chi connectivity index (χ1) is 16.1. The van der Waals surface area contributed by atoms with Crippen molar-refractivity contribution in [1.82, 2.24) is 9.62 Å². The average Bonchev–Trinajstić information content (AvgIpc) is 2.81. The highest BCUT2D eigenvalue weighted by Crippen LogP contribution is 2.30. The molecule has 0 spiro atoms. The van der Waals surface area contributed by atoms with Gasteiger partial charge >= 0.3 is 6.18 Å². The minimum absolute atomic E-state index is 0.154. The van der Waals surface area contributed by atoms with Crippen LogP contribution in [0.25, 0.3) is 0 Å². The molecule has 34 heavy (non-hydrogen) atoms. The van der Waals surface area contributed by atoms with Gasteiger partial charge < -0.3 is 14.4 Å². The van der Waals surface area contributed by atoms with Gasteiger partial charge in [0.15, 0.2) is 0 Å². The first kappa shape index (κ1) is 29.0. The van der Waals surface area contributed by atoms with E-state index in [9.17, 15) is 21.6 Å². The molecule has 1 aromatic carbocycles. The SMILES string of the molecule is COCCN(C)CCCCCCOC1CCC(CNS(=O)(=O)c2ccc(C(F)(F)F)cc2)CC1. The van der Waals surface area contributed by atoms with Crippen LogP contribution in [0.4, 0.5) is 13.2 Å². The van der Waals surface area contributed by atoms with E-state index in [-0.39, 0.29) is 23.5 Å². The second-order valence-electron chi connectivity index (χ2n) is 9.10. The Hall–Kier alpha value is -1.20. The predicted molar refractivity (Wildman–Crippen MR) is 126 cm³/mol. The summed E-state index contributed by atoms with van der Waals surface area (Å²) in [6.07, 6.45) is 3.84. The summed E-state index contributed by atoms with van der Waals surface area (Å²) in [5, 5.41) is 0. The van der Waals surface area contributed by atoms with Gasteiger partial charge in [0.2, 0.25) is 10.0 Å². The smallest absolute Gasteiger partial charge is 0.383 e. The molecule has 0 aliphatic heterocycles. The fourth-order valence-electron chi connectivity index (χ4n) is 4.08. The highest BCUT2D eigenvalue weighted by atomic mass is 32.2. The molecule has 196 valence electrons. The van der Waals surface area contributed by atoms with E-state index in [2.05, 4.69) is 16.7 Å². The zero-order valence-electron chi connectivity index (χ0n) is 20.3. The Morgan fingerprint density at radius 3 is 2.24 bits per heavy atom. The normalized spacial score (nSPS) is 19.6. The van der Waals surface area contributed by atoms with E-state index in [1.165, 1.54) is 12.8 Å². The predicted octanol–water partition coefficient (Wildman–Crippen LogP) is 4.70. The number of methoxy groups -OCH3 is 1. The fourth-order valence-corrected chi connectivity index (χ4v) is 5.20. The third kappa shape index (κ3) is 10.6. The van der Waals surface area contributed by atoms with Crippen molar-refractivity contribution >= 4 is 10.0 Å². The molecule has 0 amide bonds. The standard InChI is InChI=1S/C24H39F3N2O4S/c1-29(16-18-32-2)15-5-3-4-6-17-33-22-11-7-20(8-12-22)19-28-34(30,31)23-13-9-21(10-14-23)24(25,26)27/h9-10,13-14,20,22,28H,3-8,11-12,15-19H2,1-2H3. The molecule has 0 heterocycles. The van der Waals surface area contributed by atoms with Gasteiger partial charge in [-0.1, -0.05) is 12.8 Å². The Kier molecular flexibility index (Phi) is 12.3. The topological polar surface area (TPSA) is 67.9 Å². The van der Waals surface area contributed by atoms with E-state index < -0.39 is 21.8 Å². The lowest BCUT2D eigenvalue weighted by molar-refractivity contribution is -0.137. The maximum absolute atomic E-state index is 12.7. The number of likely N-dealkylation sites (N-methyl/N-ethyl adjacent to an activating group) is 1. The summed E-state index contributed by atoms with van der Waals surface area (Å²) in [5.41, 5.74) is -0.865. The van der Waals surface area contributed by atoms with E-state index >= 15 is 0 Å². The van der Waals surface area contributed by atoms with Crippen LogP contribution in [0.15, 0.2) is 29.2 Å². The number of nitrogens with one attached hydrogen (secondary N) is 1. The van der Waals surface area contributed by atoms with Crippen LogP contribution in [0.1, 0.15) is 56.9 Å². The van der Waals surface area contributed by atoms with Gasteiger partial charge in [-0.15, -0.1) is 0 Å². The Morgan fingerprint density at radius 2 is 1.62 bits per heavy atom. The first-order valence-corrected chi connectivity index (χ1v) is 13.6. The van der Waals surface area contributed by atoms with Crippen LogP contribution in [-0.4, -0.2) is 66.4 Å². The molecule has 0 aromatic heterocycles. The van der Waals surface area contributed by atoms with Gasteiger partial charge in [0.25, 0.3) is 0 Å². The van der Waals surface area contributed by atoms with Crippen molar-refractivity contribution in [2.24, 2.45) is 5.92 Å². The molecule has 0 atom stereocenters. The summed E-state index contributed by atoms with van der Waals surface area (Å²) in [6.45, 7) is 3.84. The number of hydrogen-bond donors (Lipinski definition) is 1. The molecule has 0 unspecified atom stereocenters. The zero-order valence-corrected chi connectivity index (χ0v) is 21.1. The van der Waals surface area contributed by atoms with Crippen LogP contribution in [0, 0.1) is 5.92 Å². The molecule has 0 radical (unpaired) electrons. The molecule has 2 rings (SSSR count). The number of rotatable bonds is 15. The summed E-state index contributed by atoms with van der Waals surface area (Å²) in [6, 6.07) is 3.57. The van der Waals surface area contributed by atoms with Crippen LogP contribution < -0.4 is 4.72 Å². The van der Waals surface area contributed by atoms with Crippen molar-refractivity contribution in [1.29, 1.82) is 0 Å². The summed E-state index contributed by atoms with van der Waals surface area (Å²) in [5.74, 6) is 0.208. The molecule has 6 nitrogen and oxygen atoms in total. The number of halogens is 3. The number of alkyl halides is 3. The average molecular weight is 509 g/mol. The second-order valence-corrected chi connectivity index (χ2v) is 10.9. The Labute approximate surface area is 202 Å². The lowest BCUT2D eigenvalue weighted by atomic mass is 9.87. The molecule has 10 heteroatoms. The molecule has 1 saturated carbocycles. The van der Waals surface area contributed by atoms with E-state index in [1.54, 1.807) is 7.11 Å². The third-order valence-electron chi connectivity index (χ3n) is 6.31. The Bertz CT molecular complexity index is 795. The fraction of sp³-hybridized carbons (Fsp3) is 0.750. The number of ether oxygens (including phenoxy) is 2. The molecular weight excluding hydrogens is 469 g/mol. The van der Waals surface area contributed by atoms with Crippen molar-refractivity contribution in [3.8, 4) is 0 Å². The van der Waals surface area contributed by atoms with Crippen molar-refractivity contribution in [2.45, 2.75) is 68.5 Å². The Balaban J connectivity index is 1.57. The van der Waals surface area contributed by atoms with Gasteiger partial charge in [0.1, 0.15) is 0 Å². The van der Waals surface area contributed by atoms with Crippen molar-refractivity contribution in [3.63, 3.8) is 0 Å². The number of hydrogen-bond acceptors (Lipinski definition) is 5. The van der Waals surface area contributed by atoms with Crippen molar-refractivity contribution in [2.75, 3.05) is 47.0 Å². The number of nitrogens with zero attached hydrogens (tertiary/aromatic N) is 1. The highest BCUT2D eigenvalue weighted by molar-refractivity contribution is 7.89. The van der Waals surface area contributed by atoms with Crippen LogP contribution in [0.3, 0.4) is 0 Å². The quantitative estimate of drug-likeness (QED) is 0.348. The molecule has 0 bridgehead atoms. The number of unbranched alkanes of at least 4 members (excludes halogenated alkanes) is 3. The van der Waals surface area contributed by atoms with Crippen LogP contribution in [0.2, 0.25) is 0 Å². The maximum Gasteiger partial charge on any atom is 0.416 e. The van der Waals surface area contributed by atoms with Crippen molar-refractivity contribution < 1.29 is 31.1 Å². The number of sulfonamides is 1. The monoisotopic (exact) mass is 508 g/mol. The molecule has 1 fully saturated rings. The lowest BCUT2D eigenvalue weighted by Gasteiger charge is -2.28. The van der Waals surface area contributed by atoms with Gasteiger partial charge in [-0.05, 0) is 82.3 Å². The van der Waals surface area contributed by atoms with Crippen molar-refractivity contribution in [3.05, 3.63) is 29.8 Å². The maximum atomic E-state index is 12.7. The molecule has 1 aromatic rings. The minimum atomic E-state index is -4.49. The molecule has 1 aliphatic rings. The number of benzene rings is 1. The first-order valence-electron chi connectivity index (χ1n) is 12.1. The van der Waals surface area contributed by atoms with Crippen LogP contribution >= 0.6 is 0 Å². The summed E-state index contributed by atoms with van der Waals surface area (Å²) < 4.78 is 76.4. The van der Waals surface area contributed by atoms with E-state index in [0.717, 1.165) is 89.1 Å². The largest absolute Gasteiger partial charge is 0.416 e. The summed E-state index contributed by atoms with van der Waals surface area (Å²) in [7, 11) is -0.00275. The van der Waals surface area contributed by atoms with Crippen LogP contribution in [0.5, 0.6) is 0 Å². The molecule has 0 saturated heterocycles. The highest BCUT2D eigenvalue weighted by Gasteiger charge is 2.31. The van der Waals surface area contributed by atoms with Gasteiger partial charge in [0.05, 0.1) is 23.2 Å². The minimum Gasteiger partial charge on any atom is -0.383 e. The third-order valence-corrected chi connectivity index (χ3v) is 7.75. The van der Waals surface area contributed by atoms with E-state index in [4.69, 9.17) is 9.47 Å². The molecule has 1 N–H and O–H groups in total. The summed E-state index contributed by atoms with van der Waals surface area (Å²) >= 11 is 0.